The molecule has 0 aromatic heterocycles. The molecular formula is C21H26N2O3. The van der Waals surface area contributed by atoms with Crippen molar-refractivity contribution in [2.24, 2.45) is 0 Å². The van der Waals surface area contributed by atoms with Gasteiger partial charge in [0.05, 0.1) is 0 Å². The average molecular weight is 354 g/mol. The fourth-order valence-electron chi connectivity index (χ4n) is 2.45. The maximum Gasteiger partial charge on any atom is 0.262 e. The molecule has 0 aliphatic heterocycles. The fraction of sp³-hybridized carbons (Fsp3) is 0.333. The van der Waals surface area contributed by atoms with Crippen LogP contribution in [-0.4, -0.2) is 37.4 Å². The van der Waals surface area contributed by atoms with Gasteiger partial charge >= 0.3 is 0 Å². The number of ether oxygens (including phenoxy) is 1. The second-order valence-corrected chi connectivity index (χ2v) is 6.32. The van der Waals surface area contributed by atoms with E-state index < -0.39 is 0 Å². The van der Waals surface area contributed by atoms with Crippen molar-refractivity contribution in [2.75, 3.05) is 26.0 Å². The third kappa shape index (κ3) is 6.24. The predicted octanol–water partition coefficient (Wildman–Crippen LogP) is 3.29. The summed E-state index contributed by atoms with van der Waals surface area (Å²) in [6, 6.07) is 15.3. The van der Waals surface area contributed by atoms with Crippen LogP contribution in [0.15, 0.2) is 48.5 Å². The molecule has 2 amide bonds. The molecule has 0 fully saturated rings. The molecule has 0 aliphatic carbocycles. The summed E-state index contributed by atoms with van der Waals surface area (Å²) >= 11 is 0. The molecule has 0 saturated carbocycles. The SMILES string of the molecule is CCc1ccc(OCC(=O)Nc2cccc(CCC(=O)N(C)C)c2)cc1. The van der Waals surface area contributed by atoms with Crippen LogP contribution in [0.3, 0.4) is 0 Å². The van der Waals surface area contributed by atoms with Gasteiger partial charge in [-0.25, -0.2) is 0 Å². The number of benzene rings is 2. The molecule has 0 atom stereocenters. The van der Waals surface area contributed by atoms with Crippen molar-refractivity contribution < 1.29 is 14.3 Å². The Bertz CT molecular complexity index is 739. The Labute approximate surface area is 155 Å². The van der Waals surface area contributed by atoms with Gasteiger partial charge in [-0.05, 0) is 48.2 Å². The Morgan fingerprint density at radius 2 is 1.77 bits per heavy atom. The van der Waals surface area contributed by atoms with Crippen molar-refractivity contribution in [2.45, 2.75) is 26.2 Å². The standard InChI is InChI=1S/C21H26N2O3/c1-4-16-8-11-19(12-9-16)26-15-20(24)22-18-7-5-6-17(14-18)10-13-21(25)23(2)3/h5-9,11-12,14H,4,10,13,15H2,1-3H3,(H,22,24). The third-order valence-electron chi connectivity index (χ3n) is 4.04. The van der Waals surface area contributed by atoms with Gasteiger partial charge in [0.1, 0.15) is 5.75 Å². The Hall–Kier alpha value is -2.82. The minimum Gasteiger partial charge on any atom is -0.484 e. The Morgan fingerprint density at radius 1 is 1.04 bits per heavy atom. The summed E-state index contributed by atoms with van der Waals surface area (Å²) in [6.45, 7) is 2.04. The first-order valence-electron chi connectivity index (χ1n) is 8.78. The largest absolute Gasteiger partial charge is 0.484 e. The molecule has 0 saturated heterocycles. The highest BCUT2D eigenvalue weighted by Crippen LogP contribution is 2.14. The predicted molar refractivity (Wildman–Crippen MR) is 103 cm³/mol. The lowest BCUT2D eigenvalue weighted by atomic mass is 10.1. The molecule has 2 aromatic carbocycles. The van der Waals surface area contributed by atoms with E-state index >= 15 is 0 Å². The van der Waals surface area contributed by atoms with Crippen LogP contribution < -0.4 is 10.1 Å². The van der Waals surface area contributed by atoms with Crippen LogP contribution in [0.4, 0.5) is 5.69 Å². The highest BCUT2D eigenvalue weighted by Gasteiger charge is 2.07. The number of hydrogen-bond acceptors (Lipinski definition) is 3. The highest BCUT2D eigenvalue weighted by molar-refractivity contribution is 5.92. The van der Waals surface area contributed by atoms with Gasteiger partial charge in [0.25, 0.3) is 5.91 Å². The quantitative estimate of drug-likeness (QED) is 0.791. The van der Waals surface area contributed by atoms with Crippen molar-refractivity contribution in [1.29, 1.82) is 0 Å². The van der Waals surface area contributed by atoms with Gasteiger partial charge in [0.2, 0.25) is 5.91 Å². The number of rotatable bonds is 8. The number of anilines is 1. The molecule has 0 radical (unpaired) electrons. The highest BCUT2D eigenvalue weighted by atomic mass is 16.5. The first-order valence-corrected chi connectivity index (χ1v) is 8.78. The van der Waals surface area contributed by atoms with Gasteiger partial charge in [0, 0.05) is 26.2 Å². The molecule has 138 valence electrons. The van der Waals surface area contributed by atoms with E-state index in [0.717, 1.165) is 12.0 Å². The van der Waals surface area contributed by atoms with E-state index in [1.165, 1.54) is 5.56 Å². The summed E-state index contributed by atoms with van der Waals surface area (Å²) in [6.07, 6.45) is 2.06. The van der Waals surface area contributed by atoms with Crippen molar-refractivity contribution in [3.8, 4) is 5.75 Å². The van der Waals surface area contributed by atoms with Gasteiger partial charge in [-0.3, -0.25) is 9.59 Å². The summed E-state index contributed by atoms with van der Waals surface area (Å²) in [4.78, 5) is 25.3. The topological polar surface area (TPSA) is 58.6 Å². The van der Waals surface area contributed by atoms with Crippen molar-refractivity contribution in [1.82, 2.24) is 4.90 Å². The lowest BCUT2D eigenvalue weighted by Gasteiger charge is -2.11. The lowest BCUT2D eigenvalue weighted by Crippen LogP contribution is -2.22. The van der Waals surface area contributed by atoms with Crippen LogP contribution in [0.2, 0.25) is 0 Å². The molecule has 0 unspecified atom stereocenters. The summed E-state index contributed by atoms with van der Waals surface area (Å²) in [5.41, 5.74) is 2.94. The maximum absolute atomic E-state index is 12.1. The van der Waals surface area contributed by atoms with Gasteiger partial charge in [-0.1, -0.05) is 31.2 Å². The van der Waals surface area contributed by atoms with Gasteiger partial charge in [-0.2, -0.15) is 0 Å². The maximum atomic E-state index is 12.1. The number of nitrogens with zero attached hydrogens (tertiary/aromatic N) is 1. The molecule has 1 N–H and O–H groups in total. The summed E-state index contributed by atoms with van der Waals surface area (Å²) in [5.74, 6) is 0.543. The van der Waals surface area contributed by atoms with E-state index in [-0.39, 0.29) is 18.4 Å². The molecule has 0 spiro atoms. The van der Waals surface area contributed by atoms with Gasteiger partial charge < -0.3 is 15.0 Å². The second kappa shape index (κ2) is 9.61. The number of nitrogens with one attached hydrogen (secondary N) is 1. The first kappa shape index (κ1) is 19.5. The summed E-state index contributed by atoms with van der Waals surface area (Å²) < 4.78 is 5.51. The van der Waals surface area contributed by atoms with Crippen molar-refractivity contribution in [3.63, 3.8) is 0 Å². The monoisotopic (exact) mass is 354 g/mol. The minimum absolute atomic E-state index is 0.0468. The van der Waals surface area contributed by atoms with E-state index in [1.807, 2.05) is 48.5 Å². The number of amides is 2. The number of carbonyl (C=O) groups is 2. The Morgan fingerprint density at radius 3 is 2.42 bits per heavy atom. The van der Waals surface area contributed by atoms with E-state index in [9.17, 15) is 9.59 Å². The fourth-order valence-corrected chi connectivity index (χ4v) is 2.45. The molecular weight excluding hydrogens is 328 g/mol. The van der Waals surface area contributed by atoms with Crippen LogP contribution in [-0.2, 0) is 22.4 Å². The van der Waals surface area contributed by atoms with E-state index in [2.05, 4.69) is 12.2 Å². The number of aryl methyl sites for hydroxylation is 2. The molecule has 0 aliphatic rings. The zero-order valence-corrected chi connectivity index (χ0v) is 15.6. The van der Waals surface area contributed by atoms with Crippen LogP contribution in [0.5, 0.6) is 5.75 Å². The van der Waals surface area contributed by atoms with Crippen molar-refractivity contribution >= 4 is 17.5 Å². The lowest BCUT2D eigenvalue weighted by molar-refractivity contribution is -0.128. The van der Waals surface area contributed by atoms with Crippen molar-refractivity contribution in [3.05, 3.63) is 59.7 Å². The smallest absolute Gasteiger partial charge is 0.262 e. The molecule has 5 nitrogen and oxygen atoms in total. The zero-order chi connectivity index (χ0) is 18.9. The molecule has 2 aromatic rings. The Kier molecular flexibility index (Phi) is 7.21. The zero-order valence-electron chi connectivity index (χ0n) is 15.6. The number of carbonyl (C=O) groups excluding carboxylic acids is 2. The van der Waals surface area contributed by atoms with Crippen LogP contribution in [0.25, 0.3) is 0 Å². The number of hydrogen-bond donors (Lipinski definition) is 1. The molecule has 0 heterocycles. The third-order valence-corrected chi connectivity index (χ3v) is 4.04. The molecule has 2 rings (SSSR count). The minimum atomic E-state index is -0.217. The second-order valence-electron chi connectivity index (χ2n) is 6.32. The first-order chi connectivity index (χ1) is 12.5. The molecule has 5 heteroatoms. The Balaban J connectivity index is 1.84. The van der Waals surface area contributed by atoms with Gasteiger partial charge in [0.15, 0.2) is 6.61 Å². The summed E-state index contributed by atoms with van der Waals surface area (Å²) in [7, 11) is 3.49. The van der Waals surface area contributed by atoms with E-state index in [4.69, 9.17) is 4.74 Å². The van der Waals surface area contributed by atoms with Crippen LogP contribution in [0.1, 0.15) is 24.5 Å². The summed E-state index contributed by atoms with van der Waals surface area (Å²) in [5, 5.41) is 2.83. The van der Waals surface area contributed by atoms with E-state index in [1.54, 1.807) is 19.0 Å². The van der Waals surface area contributed by atoms with E-state index in [0.29, 0.717) is 24.3 Å². The molecule has 0 bridgehead atoms. The molecule has 26 heavy (non-hydrogen) atoms. The van der Waals surface area contributed by atoms with Gasteiger partial charge in [-0.15, -0.1) is 0 Å². The normalized spacial score (nSPS) is 10.3. The average Bonchev–Trinajstić information content (AvgIpc) is 2.65. The van der Waals surface area contributed by atoms with Crippen LogP contribution in [0, 0.1) is 0 Å². The van der Waals surface area contributed by atoms with Crippen LogP contribution >= 0.6 is 0 Å².